The lowest BCUT2D eigenvalue weighted by Gasteiger charge is -2.23. The van der Waals surface area contributed by atoms with Crippen molar-refractivity contribution >= 4 is 11.5 Å². The summed E-state index contributed by atoms with van der Waals surface area (Å²) in [5, 5.41) is 9.75. The molecule has 0 aliphatic carbocycles. The van der Waals surface area contributed by atoms with Crippen molar-refractivity contribution in [2.24, 2.45) is 5.92 Å². The number of phenols is 1. The quantitative estimate of drug-likeness (QED) is 0.797. The number of benzene rings is 1. The summed E-state index contributed by atoms with van der Waals surface area (Å²) in [5.41, 5.74) is 1.32. The van der Waals surface area contributed by atoms with Crippen LogP contribution in [0.3, 0.4) is 0 Å². The standard InChI is InChI=1S/C14H21NO2/c1-5-10(2)9-15(4)12-6-7-13(11(3)16)14(17)8-12/h6-8,10,17H,5,9H2,1-4H3. The van der Waals surface area contributed by atoms with Gasteiger partial charge in [0.25, 0.3) is 0 Å². The third kappa shape index (κ3) is 3.48. The van der Waals surface area contributed by atoms with Crippen LogP contribution in [0.5, 0.6) is 5.75 Å². The molecule has 1 N–H and O–H groups in total. The van der Waals surface area contributed by atoms with Gasteiger partial charge in [-0.2, -0.15) is 0 Å². The van der Waals surface area contributed by atoms with E-state index in [-0.39, 0.29) is 11.5 Å². The van der Waals surface area contributed by atoms with Crippen LogP contribution in [0.1, 0.15) is 37.6 Å². The predicted molar refractivity (Wildman–Crippen MR) is 70.8 cm³/mol. The molecule has 0 aromatic heterocycles. The Hall–Kier alpha value is -1.51. The molecule has 0 radical (unpaired) electrons. The number of ketones is 1. The fourth-order valence-corrected chi connectivity index (χ4v) is 1.76. The van der Waals surface area contributed by atoms with Crippen LogP contribution in [-0.2, 0) is 0 Å². The zero-order valence-electron chi connectivity index (χ0n) is 11.0. The third-order valence-electron chi connectivity index (χ3n) is 3.08. The first-order valence-electron chi connectivity index (χ1n) is 6.00. The lowest BCUT2D eigenvalue weighted by atomic mass is 10.1. The molecule has 0 fully saturated rings. The lowest BCUT2D eigenvalue weighted by Crippen LogP contribution is -2.23. The number of phenolic OH excluding ortho intramolecular Hbond substituents is 1. The van der Waals surface area contributed by atoms with Crippen molar-refractivity contribution in [3.63, 3.8) is 0 Å². The van der Waals surface area contributed by atoms with Crippen LogP contribution in [0.2, 0.25) is 0 Å². The highest BCUT2D eigenvalue weighted by Crippen LogP contribution is 2.25. The van der Waals surface area contributed by atoms with E-state index in [0.717, 1.165) is 18.7 Å². The Morgan fingerprint density at radius 3 is 2.59 bits per heavy atom. The highest BCUT2D eigenvalue weighted by Gasteiger charge is 2.10. The van der Waals surface area contributed by atoms with Crippen molar-refractivity contribution in [1.29, 1.82) is 0 Å². The Morgan fingerprint density at radius 1 is 1.47 bits per heavy atom. The van der Waals surface area contributed by atoms with Gasteiger partial charge in [-0.05, 0) is 25.0 Å². The van der Waals surface area contributed by atoms with Crippen LogP contribution >= 0.6 is 0 Å². The maximum atomic E-state index is 11.2. The molecule has 1 aromatic carbocycles. The van der Waals surface area contributed by atoms with E-state index in [1.54, 1.807) is 12.1 Å². The van der Waals surface area contributed by atoms with E-state index in [9.17, 15) is 9.90 Å². The van der Waals surface area contributed by atoms with Gasteiger partial charge in [0.15, 0.2) is 5.78 Å². The summed E-state index contributed by atoms with van der Waals surface area (Å²) in [7, 11) is 1.99. The molecule has 0 aliphatic rings. The van der Waals surface area contributed by atoms with Gasteiger partial charge in [0.05, 0.1) is 5.56 Å². The summed E-state index contributed by atoms with van der Waals surface area (Å²) in [6, 6.07) is 5.21. The van der Waals surface area contributed by atoms with Gasteiger partial charge in [0.2, 0.25) is 0 Å². The normalized spacial score (nSPS) is 12.2. The highest BCUT2D eigenvalue weighted by molar-refractivity contribution is 5.97. The molecule has 0 saturated heterocycles. The average Bonchev–Trinajstić information content (AvgIpc) is 2.28. The van der Waals surface area contributed by atoms with E-state index < -0.39 is 0 Å². The number of nitrogens with zero attached hydrogens (tertiary/aromatic N) is 1. The number of carbonyl (C=O) groups is 1. The van der Waals surface area contributed by atoms with E-state index >= 15 is 0 Å². The van der Waals surface area contributed by atoms with Gasteiger partial charge in [-0.3, -0.25) is 4.79 Å². The zero-order valence-corrected chi connectivity index (χ0v) is 11.0. The first-order chi connectivity index (χ1) is 7.95. The number of hydrogen-bond donors (Lipinski definition) is 1. The Balaban J connectivity index is 2.86. The molecule has 17 heavy (non-hydrogen) atoms. The summed E-state index contributed by atoms with van der Waals surface area (Å²) in [6.07, 6.45) is 1.13. The minimum absolute atomic E-state index is 0.0611. The molecule has 0 spiro atoms. The van der Waals surface area contributed by atoms with Crippen LogP contribution in [0.4, 0.5) is 5.69 Å². The second-order valence-corrected chi connectivity index (χ2v) is 4.65. The van der Waals surface area contributed by atoms with E-state index in [1.807, 2.05) is 13.1 Å². The first kappa shape index (κ1) is 13.6. The number of aromatic hydroxyl groups is 1. The Kier molecular flexibility index (Phi) is 4.55. The number of rotatable bonds is 5. The smallest absolute Gasteiger partial charge is 0.163 e. The number of hydrogen-bond acceptors (Lipinski definition) is 3. The maximum absolute atomic E-state index is 11.2. The summed E-state index contributed by atoms with van der Waals surface area (Å²) in [5.74, 6) is 0.555. The third-order valence-corrected chi connectivity index (χ3v) is 3.08. The van der Waals surface area contributed by atoms with Gasteiger partial charge in [-0.1, -0.05) is 20.3 Å². The van der Waals surface area contributed by atoms with E-state index in [1.165, 1.54) is 6.92 Å². The second-order valence-electron chi connectivity index (χ2n) is 4.65. The van der Waals surface area contributed by atoms with Gasteiger partial charge in [0.1, 0.15) is 5.75 Å². The molecule has 3 nitrogen and oxygen atoms in total. The van der Waals surface area contributed by atoms with Crippen molar-refractivity contribution < 1.29 is 9.90 Å². The van der Waals surface area contributed by atoms with Crippen molar-refractivity contribution in [1.82, 2.24) is 0 Å². The van der Waals surface area contributed by atoms with Gasteiger partial charge >= 0.3 is 0 Å². The number of Topliss-reactive ketones (excluding diaryl/α,β-unsaturated/α-hetero) is 1. The Bertz CT molecular complexity index is 401. The first-order valence-corrected chi connectivity index (χ1v) is 6.00. The molecule has 1 rings (SSSR count). The summed E-state index contributed by atoms with van der Waals surface area (Å²) in [6.45, 7) is 6.75. The van der Waals surface area contributed by atoms with Crippen molar-refractivity contribution in [2.45, 2.75) is 27.2 Å². The average molecular weight is 235 g/mol. The minimum atomic E-state index is -0.112. The highest BCUT2D eigenvalue weighted by atomic mass is 16.3. The van der Waals surface area contributed by atoms with Crippen LogP contribution in [-0.4, -0.2) is 24.5 Å². The number of anilines is 1. The molecule has 0 heterocycles. The zero-order chi connectivity index (χ0) is 13.0. The molecule has 1 unspecified atom stereocenters. The van der Waals surface area contributed by atoms with E-state index in [0.29, 0.717) is 11.5 Å². The molecule has 0 aliphatic heterocycles. The van der Waals surface area contributed by atoms with E-state index in [4.69, 9.17) is 0 Å². The van der Waals surface area contributed by atoms with Gasteiger partial charge in [-0.15, -0.1) is 0 Å². The van der Waals surface area contributed by atoms with Crippen LogP contribution in [0, 0.1) is 5.92 Å². The monoisotopic (exact) mass is 235 g/mol. The SMILES string of the molecule is CCC(C)CN(C)c1ccc(C(C)=O)c(O)c1. The molecule has 0 amide bonds. The molecule has 1 aromatic rings. The lowest BCUT2D eigenvalue weighted by molar-refractivity contribution is 0.101. The van der Waals surface area contributed by atoms with Crippen LogP contribution < -0.4 is 4.90 Å². The second kappa shape index (κ2) is 5.71. The van der Waals surface area contributed by atoms with Gasteiger partial charge in [-0.25, -0.2) is 0 Å². The molecule has 0 bridgehead atoms. The van der Waals surface area contributed by atoms with Gasteiger partial charge in [0, 0.05) is 25.3 Å². The maximum Gasteiger partial charge on any atom is 0.163 e. The van der Waals surface area contributed by atoms with Crippen LogP contribution in [0.15, 0.2) is 18.2 Å². The van der Waals surface area contributed by atoms with Crippen molar-refractivity contribution in [3.05, 3.63) is 23.8 Å². The molecular formula is C14H21NO2. The molecule has 0 saturated carbocycles. The van der Waals surface area contributed by atoms with Gasteiger partial charge < -0.3 is 10.0 Å². The Morgan fingerprint density at radius 2 is 2.12 bits per heavy atom. The topological polar surface area (TPSA) is 40.5 Å². The van der Waals surface area contributed by atoms with Crippen molar-refractivity contribution in [2.75, 3.05) is 18.5 Å². The summed E-state index contributed by atoms with van der Waals surface area (Å²) < 4.78 is 0. The minimum Gasteiger partial charge on any atom is -0.507 e. The Labute approximate surface area is 103 Å². The molecule has 1 atom stereocenters. The van der Waals surface area contributed by atoms with Crippen molar-refractivity contribution in [3.8, 4) is 5.75 Å². The summed E-state index contributed by atoms with van der Waals surface area (Å²) >= 11 is 0. The number of carbonyl (C=O) groups excluding carboxylic acids is 1. The fraction of sp³-hybridized carbons (Fsp3) is 0.500. The van der Waals surface area contributed by atoms with E-state index in [2.05, 4.69) is 18.7 Å². The van der Waals surface area contributed by atoms with Crippen LogP contribution in [0.25, 0.3) is 0 Å². The molecule has 94 valence electrons. The summed E-state index contributed by atoms with van der Waals surface area (Å²) in [4.78, 5) is 13.3. The fourth-order valence-electron chi connectivity index (χ4n) is 1.76. The largest absolute Gasteiger partial charge is 0.507 e. The predicted octanol–water partition coefficient (Wildman–Crippen LogP) is 3.08. The molecule has 3 heteroatoms. The molecular weight excluding hydrogens is 214 g/mol.